The number of hydrogen-bond acceptors (Lipinski definition) is 4. The second kappa shape index (κ2) is 4.76. The van der Waals surface area contributed by atoms with Gasteiger partial charge in [-0.1, -0.05) is 5.16 Å². The monoisotopic (exact) mass is 254 g/mol. The normalized spacial score (nSPS) is 29.3. The van der Waals surface area contributed by atoms with E-state index in [-0.39, 0.29) is 17.8 Å². The predicted molar refractivity (Wildman–Crippen MR) is 68.3 cm³/mol. The zero-order chi connectivity index (χ0) is 13.3. The third-order valence-electron chi connectivity index (χ3n) is 4.24. The summed E-state index contributed by atoms with van der Waals surface area (Å²) in [6, 6.07) is 0.669. The molecule has 0 spiro atoms. The number of nitrogens with two attached hydrogens (primary N) is 1. The lowest BCUT2D eigenvalue weighted by molar-refractivity contribution is -0.127. The summed E-state index contributed by atoms with van der Waals surface area (Å²) in [6.45, 7) is 5.53. The number of nitrogens with one attached hydrogen (secondary N) is 1. The van der Waals surface area contributed by atoms with E-state index >= 15 is 0 Å². The Hall–Kier alpha value is -1.30. The largest absolute Gasteiger partial charge is 0.409 e. The summed E-state index contributed by atoms with van der Waals surface area (Å²) >= 11 is 0. The van der Waals surface area contributed by atoms with Gasteiger partial charge in [0.25, 0.3) is 0 Å². The molecular weight excluding hydrogens is 232 g/mol. The number of amidine groups is 1. The van der Waals surface area contributed by atoms with Crippen molar-refractivity contribution >= 4 is 11.7 Å². The van der Waals surface area contributed by atoms with Crippen molar-refractivity contribution in [3.05, 3.63) is 0 Å². The van der Waals surface area contributed by atoms with Crippen LogP contribution in [0.25, 0.3) is 0 Å². The van der Waals surface area contributed by atoms with Gasteiger partial charge < -0.3 is 16.3 Å². The highest BCUT2D eigenvalue weighted by Crippen LogP contribution is 2.28. The molecule has 0 bridgehead atoms. The summed E-state index contributed by atoms with van der Waals surface area (Å²) in [7, 11) is 0. The second-order valence-electron chi connectivity index (χ2n) is 5.72. The summed E-state index contributed by atoms with van der Waals surface area (Å²) in [5.74, 6) is -0.224. The maximum Gasteiger partial charge on any atom is 0.233 e. The standard InChI is InChI=1S/C12H22N4O2/c1-12(2,10(13)15-18)11(17)14-8-5-7-16-6-3-4-9(8)16/h8-9,18H,3-7H2,1-2H3,(H2,13,15)(H,14,17). The Morgan fingerprint density at radius 3 is 2.83 bits per heavy atom. The first-order valence-electron chi connectivity index (χ1n) is 6.50. The Bertz CT molecular complexity index is 367. The highest BCUT2D eigenvalue weighted by Gasteiger charge is 2.41. The molecule has 2 aliphatic heterocycles. The van der Waals surface area contributed by atoms with Crippen LogP contribution >= 0.6 is 0 Å². The number of amides is 1. The molecule has 0 radical (unpaired) electrons. The van der Waals surface area contributed by atoms with Crippen molar-refractivity contribution in [2.24, 2.45) is 16.3 Å². The highest BCUT2D eigenvalue weighted by molar-refractivity contribution is 6.06. The minimum atomic E-state index is -0.971. The van der Waals surface area contributed by atoms with Gasteiger partial charge in [0.2, 0.25) is 5.91 Å². The maximum atomic E-state index is 12.2. The van der Waals surface area contributed by atoms with Gasteiger partial charge in [0.1, 0.15) is 5.41 Å². The van der Waals surface area contributed by atoms with Gasteiger partial charge in [-0.05, 0) is 39.7 Å². The molecular formula is C12H22N4O2. The fourth-order valence-electron chi connectivity index (χ4n) is 2.84. The van der Waals surface area contributed by atoms with E-state index in [4.69, 9.17) is 10.9 Å². The van der Waals surface area contributed by atoms with Crippen LogP contribution in [0.5, 0.6) is 0 Å². The Morgan fingerprint density at radius 2 is 2.17 bits per heavy atom. The van der Waals surface area contributed by atoms with E-state index in [9.17, 15) is 4.79 Å². The fraction of sp³-hybridized carbons (Fsp3) is 0.833. The van der Waals surface area contributed by atoms with Crippen LogP contribution in [0, 0.1) is 5.41 Å². The first-order chi connectivity index (χ1) is 8.46. The van der Waals surface area contributed by atoms with Gasteiger partial charge in [-0.3, -0.25) is 9.69 Å². The summed E-state index contributed by atoms with van der Waals surface area (Å²) < 4.78 is 0. The third-order valence-corrected chi connectivity index (χ3v) is 4.24. The number of rotatable bonds is 3. The first kappa shape index (κ1) is 13.1. The van der Waals surface area contributed by atoms with Crippen LogP contribution in [0.3, 0.4) is 0 Å². The van der Waals surface area contributed by atoms with Gasteiger partial charge in [-0.25, -0.2) is 0 Å². The van der Waals surface area contributed by atoms with Crippen molar-refractivity contribution in [2.75, 3.05) is 13.1 Å². The van der Waals surface area contributed by atoms with E-state index in [2.05, 4.69) is 15.4 Å². The van der Waals surface area contributed by atoms with E-state index in [1.165, 1.54) is 6.42 Å². The number of fused-ring (bicyclic) bond motifs is 1. The molecule has 2 unspecified atom stereocenters. The Morgan fingerprint density at radius 1 is 1.44 bits per heavy atom. The molecule has 18 heavy (non-hydrogen) atoms. The van der Waals surface area contributed by atoms with Crippen molar-refractivity contribution < 1.29 is 10.0 Å². The lowest BCUT2D eigenvalue weighted by Gasteiger charge is -2.27. The van der Waals surface area contributed by atoms with E-state index in [0.717, 1.165) is 25.9 Å². The summed E-state index contributed by atoms with van der Waals surface area (Å²) in [5.41, 5.74) is 4.59. The van der Waals surface area contributed by atoms with E-state index < -0.39 is 5.41 Å². The van der Waals surface area contributed by atoms with Gasteiger partial charge in [0.05, 0.1) is 0 Å². The fourth-order valence-corrected chi connectivity index (χ4v) is 2.84. The molecule has 0 saturated carbocycles. The molecule has 0 aromatic carbocycles. The molecule has 2 saturated heterocycles. The number of carbonyl (C=O) groups is 1. The zero-order valence-electron chi connectivity index (χ0n) is 11.0. The maximum absolute atomic E-state index is 12.2. The van der Waals surface area contributed by atoms with Crippen LogP contribution in [0.4, 0.5) is 0 Å². The van der Waals surface area contributed by atoms with Crippen molar-refractivity contribution in [3.8, 4) is 0 Å². The molecule has 0 aliphatic carbocycles. The van der Waals surface area contributed by atoms with Crippen LogP contribution in [0.15, 0.2) is 5.16 Å². The minimum Gasteiger partial charge on any atom is -0.409 e. The lowest BCUT2D eigenvalue weighted by atomic mass is 9.90. The summed E-state index contributed by atoms with van der Waals surface area (Å²) in [4.78, 5) is 14.6. The number of hydrogen-bond donors (Lipinski definition) is 3. The molecule has 1 amide bonds. The van der Waals surface area contributed by atoms with Crippen LogP contribution in [-0.4, -0.2) is 47.0 Å². The topological polar surface area (TPSA) is 91.0 Å². The third kappa shape index (κ3) is 2.16. The summed E-state index contributed by atoms with van der Waals surface area (Å²) in [6.07, 6.45) is 3.35. The Kier molecular flexibility index (Phi) is 3.47. The van der Waals surface area contributed by atoms with E-state index in [0.29, 0.717) is 6.04 Å². The Labute approximate surface area is 107 Å². The first-order valence-corrected chi connectivity index (χ1v) is 6.50. The van der Waals surface area contributed by atoms with E-state index in [1.54, 1.807) is 13.8 Å². The Balaban J connectivity index is 1.99. The summed E-state index contributed by atoms with van der Waals surface area (Å²) in [5, 5.41) is 14.7. The van der Waals surface area contributed by atoms with Gasteiger partial charge in [0, 0.05) is 18.6 Å². The zero-order valence-corrected chi connectivity index (χ0v) is 11.0. The van der Waals surface area contributed by atoms with Gasteiger partial charge in [-0.2, -0.15) is 0 Å². The molecule has 6 nitrogen and oxygen atoms in total. The quantitative estimate of drug-likeness (QED) is 0.288. The molecule has 4 N–H and O–H groups in total. The number of nitrogens with zero attached hydrogens (tertiary/aromatic N) is 2. The molecule has 2 aliphatic rings. The van der Waals surface area contributed by atoms with Crippen LogP contribution < -0.4 is 11.1 Å². The van der Waals surface area contributed by atoms with Crippen LogP contribution in [-0.2, 0) is 4.79 Å². The average Bonchev–Trinajstić information content (AvgIpc) is 2.92. The van der Waals surface area contributed by atoms with Crippen LogP contribution in [0.2, 0.25) is 0 Å². The molecule has 0 aromatic heterocycles. The molecule has 2 rings (SSSR count). The smallest absolute Gasteiger partial charge is 0.233 e. The van der Waals surface area contributed by atoms with Gasteiger partial charge in [0.15, 0.2) is 5.84 Å². The molecule has 2 heterocycles. The average molecular weight is 254 g/mol. The minimum absolute atomic E-state index is 0.0544. The van der Waals surface area contributed by atoms with Crippen molar-refractivity contribution in [1.82, 2.24) is 10.2 Å². The van der Waals surface area contributed by atoms with Crippen molar-refractivity contribution in [1.29, 1.82) is 0 Å². The molecule has 2 fully saturated rings. The van der Waals surface area contributed by atoms with Crippen LogP contribution in [0.1, 0.15) is 33.1 Å². The molecule has 6 heteroatoms. The van der Waals surface area contributed by atoms with E-state index in [1.807, 2.05) is 0 Å². The van der Waals surface area contributed by atoms with Gasteiger partial charge in [-0.15, -0.1) is 0 Å². The predicted octanol–water partition coefficient (Wildman–Crippen LogP) is 0.112. The van der Waals surface area contributed by atoms with Gasteiger partial charge >= 0.3 is 0 Å². The lowest BCUT2D eigenvalue weighted by Crippen LogP contribution is -2.51. The SMILES string of the molecule is CC(C)(C(=O)NC1CCN2CCCC12)C(N)=NO. The van der Waals surface area contributed by atoms with Crippen molar-refractivity contribution in [2.45, 2.75) is 45.2 Å². The molecule has 2 atom stereocenters. The number of oxime groups is 1. The van der Waals surface area contributed by atoms with Crippen molar-refractivity contribution in [3.63, 3.8) is 0 Å². The molecule has 0 aromatic rings. The second-order valence-corrected chi connectivity index (χ2v) is 5.72. The molecule has 102 valence electrons. The number of carbonyl (C=O) groups excluding carboxylic acids is 1. The highest BCUT2D eigenvalue weighted by atomic mass is 16.4.